The molecule has 0 bridgehead atoms. The predicted molar refractivity (Wildman–Crippen MR) is 326 cm³/mol. The Morgan fingerprint density at radius 3 is 0.925 bits per heavy atom. The van der Waals surface area contributed by atoms with E-state index in [0.29, 0.717) is 0 Å². The summed E-state index contributed by atoms with van der Waals surface area (Å²) in [6.07, 6.45) is 0. The van der Waals surface area contributed by atoms with Gasteiger partial charge in [-0.25, -0.2) is 0 Å². The van der Waals surface area contributed by atoms with Gasteiger partial charge in [0.1, 0.15) is 23.0 Å². The SMILES string of the molecule is c1ccc(-c2ccc3c(c2)c2cc(-c4ccccc4)ccc2n3-c2ccc3c(c2)OB2Oc4cccc5c4-c4c2c-3cc2c4B(Oc3cc(-n4c6ccc(-c7ccccc7)cc6c6cc(-c7ccccc7)ccc64)ccc3-2)O5)cc1. The molecule has 0 saturated carbocycles. The zero-order valence-corrected chi connectivity index (χ0v) is 42.9. The van der Waals surface area contributed by atoms with Crippen LogP contribution in [0, 0.1) is 0 Å². The molecule has 0 aliphatic carbocycles. The maximum atomic E-state index is 7.10. The summed E-state index contributed by atoms with van der Waals surface area (Å²) in [7, 11) is -1.39. The van der Waals surface area contributed by atoms with Gasteiger partial charge in [-0.2, -0.15) is 0 Å². The Morgan fingerprint density at radius 1 is 0.237 bits per heavy atom. The van der Waals surface area contributed by atoms with Crippen molar-refractivity contribution < 1.29 is 18.6 Å². The molecule has 0 unspecified atom stereocenters. The van der Waals surface area contributed by atoms with Crippen molar-refractivity contribution in [3.8, 4) is 112 Å². The van der Waals surface area contributed by atoms with Crippen molar-refractivity contribution >= 4 is 68.8 Å². The smallest absolute Gasteiger partial charge is 0.521 e. The highest BCUT2D eigenvalue weighted by molar-refractivity contribution is 6.74. The normalized spacial score (nSPS) is 13.1. The molecule has 0 atom stereocenters. The van der Waals surface area contributed by atoms with Crippen LogP contribution in [0.1, 0.15) is 0 Å². The quantitative estimate of drug-likeness (QED) is 0.156. The number of rotatable bonds is 6. The number of benzene rings is 12. The number of hydrogen-bond acceptors (Lipinski definition) is 4. The van der Waals surface area contributed by atoms with E-state index in [1.165, 1.54) is 66.1 Å². The first-order chi connectivity index (χ1) is 39.6. The maximum Gasteiger partial charge on any atom is 0.633 e. The second-order valence-corrected chi connectivity index (χ2v) is 21.4. The number of fused-ring (bicyclic) bond motifs is 10. The van der Waals surface area contributed by atoms with Gasteiger partial charge in [-0.05, 0) is 152 Å². The first-order valence-corrected chi connectivity index (χ1v) is 27.3. The fourth-order valence-corrected chi connectivity index (χ4v) is 13.4. The molecule has 4 aliphatic rings. The Labute approximate surface area is 461 Å². The van der Waals surface area contributed by atoms with Crippen molar-refractivity contribution in [1.82, 2.24) is 9.13 Å². The Balaban J connectivity index is 0.805. The van der Waals surface area contributed by atoms with Gasteiger partial charge in [0.25, 0.3) is 0 Å². The molecule has 6 heterocycles. The monoisotopic (exact) mass is 1020 g/mol. The van der Waals surface area contributed by atoms with Crippen molar-refractivity contribution in [3.05, 3.63) is 255 Å². The van der Waals surface area contributed by atoms with E-state index in [1.54, 1.807) is 0 Å². The second-order valence-electron chi connectivity index (χ2n) is 21.4. The van der Waals surface area contributed by atoms with Crippen molar-refractivity contribution in [1.29, 1.82) is 0 Å². The van der Waals surface area contributed by atoms with Gasteiger partial charge >= 0.3 is 14.2 Å². The average Bonchev–Trinajstić information content (AvgIpc) is 3.34. The summed E-state index contributed by atoms with van der Waals surface area (Å²) < 4.78 is 32.7. The molecule has 0 saturated heterocycles. The van der Waals surface area contributed by atoms with E-state index in [9.17, 15) is 0 Å². The molecular formula is C72H42B2N2O4. The van der Waals surface area contributed by atoms with E-state index >= 15 is 0 Å². The zero-order chi connectivity index (χ0) is 52.2. The van der Waals surface area contributed by atoms with Crippen LogP contribution < -0.4 is 29.5 Å². The van der Waals surface area contributed by atoms with Crippen molar-refractivity contribution in [2.45, 2.75) is 0 Å². The molecule has 0 N–H and O–H groups in total. The number of hydrogen-bond donors (Lipinski definition) is 0. The van der Waals surface area contributed by atoms with Crippen LogP contribution in [0.25, 0.3) is 133 Å². The fraction of sp³-hybridized carbons (Fsp3) is 0. The lowest BCUT2D eigenvalue weighted by molar-refractivity contribution is 0.421. The van der Waals surface area contributed by atoms with Crippen molar-refractivity contribution in [2.75, 3.05) is 0 Å². The standard InChI is InChI=1S/C72H42B2N2O4/c1-5-14-43(15-6-1)47-24-32-61-55(36-47)56-37-48(44-16-7-2-8-17-44)25-33-62(56)75(61)51-28-30-53-59-42-60-54-31-29-52(41-68(54)80-74-72(60)70-69-65(22-13-23-66(69)78-74)77-73(71(59)70)79-67(53)40-51)76-63-34-26-49(45-18-9-3-10-19-45)38-57(63)58-39-50(27-35-64(58)76)46-20-11-4-12-21-46/h1-42H. The Hall–Kier alpha value is -10.4. The van der Waals surface area contributed by atoms with Crippen LogP contribution in [-0.2, 0) is 0 Å². The Kier molecular flexibility index (Phi) is 9.03. The Bertz CT molecular complexity index is 4460. The van der Waals surface area contributed by atoms with Crippen LogP contribution in [0.15, 0.2) is 255 Å². The number of aromatic nitrogens is 2. The summed E-state index contributed by atoms with van der Waals surface area (Å²) in [4.78, 5) is 0. The molecule has 8 heteroatoms. The molecule has 0 amide bonds. The molecule has 0 radical (unpaired) electrons. The molecule has 12 aromatic carbocycles. The summed E-state index contributed by atoms with van der Waals surface area (Å²) in [5.74, 6) is 2.96. The molecule has 0 fully saturated rings. The van der Waals surface area contributed by atoms with Crippen LogP contribution >= 0.6 is 0 Å². The second kappa shape index (κ2) is 16.5. The molecule has 80 heavy (non-hydrogen) atoms. The molecule has 2 aromatic heterocycles. The molecular weight excluding hydrogens is 978 g/mol. The van der Waals surface area contributed by atoms with Crippen LogP contribution in [0.3, 0.4) is 0 Å². The third-order valence-corrected chi connectivity index (χ3v) is 17.0. The van der Waals surface area contributed by atoms with E-state index in [0.717, 1.165) is 101 Å². The van der Waals surface area contributed by atoms with E-state index in [1.807, 2.05) is 18.2 Å². The Morgan fingerprint density at radius 2 is 0.575 bits per heavy atom. The van der Waals surface area contributed by atoms with E-state index in [4.69, 9.17) is 18.6 Å². The van der Waals surface area contributed by atoms with Gasteiger partial charge in [0.15, 0.2) is 0 Å². The molecule has 18 rings (SSSR count). The third-order valence-electron chi connectivity index (χ3n) is 17.0. The van der Waals surface area contributed by atoms with E-state index in [2.05, 4.69) is 246 Å². The highest BCUT2D eigenvalue weighted by Gasteiger charge is 2.51. The van der Waals surface area contributed by atoms with Crippen molar-refractivity contribution in [2.24, 2.45) is 0 Å². The summed E-state index contributed by atoms with van der Waals surface area (Å²) in [6, 6.07) is 91.6. The first-order valence-electron chi connectivity index (χ1n) is 27.3. The minimum atomic E-state index is -0.696. The van der Waals surface area contributed by atoms with Gasteiger partial charge in [-0.1, -0.05) is 152 Å². The molecule has 4 aliphatic heterocycles. The third kappa shape index (κ3) is 6.33. The lowest BCUT2D eigenvalue weighted by atomic mass is 9.57. The molecule has 0 spiro atoms. The maximum absolute atomic E-state index is 7.10. The van der Waals surface area contributed by atoms with Gasteiger partial charge in [-0.3, -0.25) is 0 Å². The largest absolute Gasteiger partial charge is 0.633 e. The summed E-state index contributed by atoms with van der Waals surface area (Å²) in [6.45, 7) is 0. The summed E-state index contributed by atoms with van der Waals surface area (Å²) in [5, 5.41) is 4.74. The van der Waals surface area contributed by atoms with Gasteiger partial charge in [0.2, 0.25) is 0 Å². The molecule has 370 valence electrons. The summed E-state index contributed by atoms with van der Waals surface area (Å²) >= 11 is 0. The van der Waals surface area contributed by atoms with Crippen LogP contribution in [-0.4, -0.2) is 23.4 Å². The minimum absolute atomic E-state index is 0.696. The topological polar surface area (TPSA) is 46.8 Å². The van der Waals surface area contributed by atoms with Crippen molar-refractivity contribution in [3.63, 3.8) is 0 Å². The lowest BCUT2D eigenvalue weighted by Crippen LogP contribution is -2.57. The summed E-state index contributed by atoms with van der Waals surface area (Å²) in [5.41, 5.74) is 24.1. The first kappa shape index (κ1) is 43.6. The van der Waals surface area contributed by atoms with E-state index < -0.39 is 14.2 Å². The van der Waals surface area contributed by atoms with E-state index in [-0.39, 0.29) is 0 Å². The highest BCUT2D eigenvalue weighted by atomic mass is 16.6. The van der Waals surface area contributed by atoms with Gasteiger partial charge < -0.3 is 27.8 Å². The van der Waals surface area contributed by atoms with Crippen LogP contribution in [0.4, 0.5) is 0 Å². The van der Waals surface area contributed by atoms with Gasteiger partial charge in [0.05, 0.1) is 27.6 Å². The van der Waals surface area contributed by atoms with Gasteiger partial charge in [0, 0.05) is 67.1 Å². The highest BCUT2D eigenvalue weighted by Crippen LogP contribution is 2.52. The lowest BCUT2D eigenvalue weighted by Gasteiger charge is -2.40. The predicted octanol–water partition coefficient (Wildman–Crippen LogP) is 16.5. The van der Waals surface area contributed by atoms with Crippen LogP contribution in [0.2, 0.25) is 0 Å². The fourth-order valence-electron chi connectivity index (χ4n) is 13.4. The zero-order valence-electron chi connectivity index (χ0n) is 42.9. The van der Waals surface area contributed by atoms with Gasteiger partial charge in [-0.15, -0.1) is 0 Å². The minimum Gasteiger partial charge on any atom is -0.521 e. The molecule has 14 aromatic rings. The van der Waals surface area contributed by atoms with Crippen LogP contribution in [0.5, 0.6) is 23.0 Å². The average molecular weight is 1020 g/mol. The number of nitrogens with zero attached hydrogens (tertiary/aromatic N) is 2. The molecule has 6 nitrogen and oxygen atoms in total.